The molecule has 0 atom stereocenters. The van der Waals surface area contributed by atoms with Crippen LogP contribution in [0.3, 0.4) is 0 Å². The zero-order valence-corrected chi connectivity index (χ0v) is 24.2. The van der Waals surface area contributed by atoms with Gasteiger partial charge in [0.15, 0.2) is 5.13 Å². The van der Waals surface area contributed by atoms with Gasteiger partial charge in [-0.25, -0.2) is 9.97 Å². The van der Waals surface area contributed by atoms with E-state index in [9.17, 15) is 0 Å². The third kappa shape index (κ3) is 6.76. The Kier molecular flexibility index (Phi) is 7.97. The van der Waals surface area contributed by atoms with Gasteiger partial charge in [0.25, 0.3) is 0 Å². The molecule has 3 aromatic heterocycles. The van der Waals surface area contributed by atoms with Crippen LogP contribution < -0.4 is 20.7 Å². The van der Waals surface area contributed by atoms with E-state index in [1.807, 2.05) is 53.9 Å². The minimum Gasteiger partial charge on any atom is -0.494 e. The van der Waals surface area contributed by atoms with E-state index in [0.717, 1.165) is 46.1 Å². The Labute approximate surface area is 245 Å². The van der Waals surface area contributed by atoms with Crippen LogP contribution in [-0.2, 0) is 0 Å². The second kappa shape index (κ2) is 12.3. The molecule has 0 saturated carbocycles. The lowest BCUT2D eigenvalue weighted by atomic mass is 10.2. The van der Waals surface area contributed by atoms with Gasteiger partial charge in [0.05, 0.1) is 16.8 Å². The van der Waals surface area contributed by atoms with Crippen molar-refractivity contribution >= 4 is 67.2 Å². The Bertz CT molecular complexity index is 1740. The van der Waals surface area contributed by atoms with Gasteiger partial charge in [0.2, 0.25) is 17.8 Å². The molecule has 0 radical (unpaired) electrons. The molecule has 0 spiro atoms. The van der Waals surface area contributed by atoms with E-state index in [4.69, 9.17) is 9.72 Å². The van der Waals surface area contributed by atoms with Gasteiger partial charge in [-0.15, -0.1) is 22.7 Å². The van der Waals surface area contributed by atoms with Crippen molar-refractivity contribution in [2.75, 3.05) is 22.6 Å². The highest BCUT2D eigenvalue weighted by molar-refractivity contribution is 7.21. The molecule has 9 nitrogen and oxygen atoms in total. The predicted molar refractivity (Wildman–Crippen MR) is 168 cm³/mol. The average Bonchev–Trinajstić information content (AvgIpc) is 3.64. The van der Waals surface area contributed by atoms with Gasteiger partial charge in [-0.2, -0.15) is 15.0 Å². The van der Waals surface area contributed by atoms with Crippen molar-refractivity contribution in [3.05, 3.63) is 83.9 Å². The first-order chi connectivity index (χ1) is 20.1. The third-order valence-corrected chi connectivity index (χ3v) is 7.85. The highest BCUT2D eigenvalue weighted by Gasteiger charge is 2.11. The summed E-state index contributed by atoms with van der Waals surface area (Å²) in [5.41, 5.74) is 4.98. The van der Waals surface area contributed by atoms with E-state index >= 15 is 0 Å². The summed E-state index contributed by atoms with van der Waals surface area (Å²) >= 11 is 3.16. The number of rotatable bonds is 11. The van der Waals surface area contributed by atoms with Gasteiger partial charge in [-0.3, -0.25) is 5.32 Å². The van der Waals surface area contributed by atoms with Crippen molar-refractivity contribution in [3.63, 3.8) is 0 Å². The smallest absolute Gasteiger partial charge is 0.235 e. The highest BCUT2D eigenvalue weighted by Crippen LogP contribution is 2.32. The van der Waals surface area contributed by atoms with Gasteiger partial charge in [0, 0.05) is 28.5 Å². The largest absolute Gasteiger partial charge is 0.494 e. The maximum Gasteiger partial charge on any atom is 0.235 e. The molecule has 3 heterocycles. The molecule has 0 aliphatic carbocycles. The molecule has 11 heteroatoms. The van der Waals surface area contributed by atoms with Crippen LogP contribution in [0.1, 0.15) is 25.3 Å². The number of unbranched alkanes of at least 4 members (excludes halogenated alkanes) is 1. The van der Waals surface area contributed by atoms with Crippen LogP contribution in [0.15, 0.2) is 78.3 Å². The molecular weight excluding hydrogens is 553 g/mol. The molecule has 3 N–H and O–H groups in total. The Morgan fingerprint density at radius 3 is 2.12 bits per heavy atom. The molecule has 6 aromatic rings. The monoisotopic (exact) mass is 580 g/mol. The zero-order valence-electron chi connectivity index (χ0n) is 22.6. The van der Waals surface area contributed by atoms with Crippen molar-refractivity contribution in [2.24, 2.45) is 0 Å². The highest BCUT2D eigenvalue weighted by atomic mass is 32.1. The first-order valence-electron chi connectivity index (χ1n) is 13.3. The lowest BCUT2D eigenvalue weighted by molar-refractivity contribution is 0.309. The van der Waals surface area contributed by atoms with Crippen LogP contribution in [-0.4, -0.2) is 31.5 Å². The quantitative estimate of drug-likeness (QED) is 0.130. The number of thiazole rings is 2. The number of ether oxygens (including phenoxy) is 1. The summed E-state index contributed by atoms with van der Waals surface area (Å²) < 4.78 is 6.96. The summed E-state index contributed by atoms with van der Waals surface area (Å²) in [4.78, 5) is 22.8. The van der Waals surface area contributed by atoms with Gasteiger partial charge in [0.1, 0.15) is 10.8 Å². The maximum atomic E-state index is 5.77. The molecule has 0 unspecified atom stereocenters. The number of benzene rings is 3. The van der Waals surface area contributed by atoms with Crippen LogP contribution in [0.2, 0.25) is 0 Å². The molecular formula is C30H28N8OS2. The van der Waals surface area contributed by atoms with Crippen LogP contribution in [0.25, 0.3) is 20.8 Å². The van der Waals surface area contributed by atoms with Crippen LogP contribution in [0.5, 0.6) is 5.75 Å². The second-order valence-corrected chi connectivity index (χ2v) is 11.2. The SMILES string of the molecule is CCCCOc1ccc(Nc2nc(Nc3ccc(-c4nc5ccc(C)cc5s4)cc3)nc(Nc3nccs3)n2)cc1. The van der Waals surface area contributed by atoms with Gasteiger partial charge in [-0.05, 0) is 79.6 Å². The van der Waals surface area contributed by atoms with Crippen LogP contribution in [0.4, 0.5) is 34.4 Å². The fourth-order valence-corrected chi connectivity index (χ4v) is 5.59. The molecule has 206 valence electrons. The average molecular weight is 581 g/mol. The second-order valence-electron chi connectivity index (χ2n) is 9.31. The molecule has 0 bridgehead atoms. The summed E-state index contributed by atoms with van der Waals surface area (Å²) in [6, 6.07) is 22.2. The lowest BCUT2D eigenvalue weighted by Gasteiger charge is -2.11. The van der Waals surface area contributed by atoms with E-state index in [1.165, 1.54) is 21.6 Å². The molecule has 3 aromatic carbocycles. The Balaban J connectivity index is 1.21. The number of hydrogen-bond donors (Lipinski definition) is 3. The minimum absolute atomic E-state index is 0.376. The van der Waals surface area contributed by atoms with Crippen molar-refractivity contribution in [2.45, 2.75) is 26.7 Å². The number of aryl methyl sites for hydroxylation is 1. The Morgan fingerprint density at radius 2 is 1.46 bits per heavy atom. The van der Waals surface area contributed by atoms with Gasteiger partial charge < -0.3 is 15.4 Å². The first kappa shape index (κ1) is 26.6. The van der Waals surface area contributed by atoms with Crippen molar-refractivity contribution in [1.82, 2.24) is 24.9 Å². The molecule has 41 heavy (non-hydrogen) atoms. The number of aromatic nitrogens is 5. The number of hydrogen-bond acceptors (Lipinski definition) is 11. The first-order valence-corrected chi connectivity index (χ1v) is 15.0. The summed E-state index contributed by atoms with van der Waals surface area (Å²) in [6.45, 7) is 4.95. The maximum absolute atomic E-state index is 5.77. The molecule has 0 saturated heterocycles. The van der Waals surface area contributed by atoms with Crippen LogP contribution >= 0.6 is 22.7 Å². The molecule has 0 fully saturated rings. The number of anilines is 6. The van der Waals surface area contributed by atoms with E-state index < -0.39 is 0 Å². The Morgan fingerprint density at radius 1 is 0.780 bits per heavy atom. The fourth-order valence-electron chi connectivity index (χ4n) is 4.00. The summed E-state index contributed by atoms with van der Waals surface area (Å²) in [7, 11) is 0. The van der Waals surface area contributed by atoms with E-state index in [0.29, 0.717) is 29.6 Å². The van der Waals surface area contributed by atoms with Crippen molar-refractivity contribution < 1.29 is 4.74 Å². The summed E-state index contributed by atoms with van der Waals surface area (Å²) in [5.74, 6) is 1.99. The van der Waals surface area contributed by atoms with Crippen molar-refractivity contribution in [1.29, 1.82) is 0 Å². The summed E-state index contributed by atoms with van der Waals surface area (Å²) in [5, 5.41) is 13.3. The molecule has 0 amide bonds. The van der Waals surface area contributed by atoms with Crippen LogP contribution in [0, 0.1) is 6.92 Å². The zero-order chi connectivity index (χ0) is 28.0. The Hall–Kier alpha value is -4.61. The number of nitrogens with zero attached hydrogens (tertiary/aromatic N) is 5. The molecule has 6 rings (SSSR count). The van der Waals surface area contributed by atoms with E-state index in [1.54, 1.807) is 17.5 Å². The number of nitrogens with one attached hydrogen (secondary N) is 3. The van der Waals surface area contributed by atoms with E-state index in [2.05, 4.69) is 67.9 Å². The topological polar surface area (TPSA) is 110 Å². The van der Waals surface area contributed by atoms with Gasteiger partial charge in [-0.1, -0.05) is 19.4 Å². The van der Waals surface area contributed by atoms with Crippen molar-refractivity contribution in [3.8, 4) is 16.3 Å². The molecule has 0 aliphatic heterocycles. The van der Waals surface area contributed by atoms with Gasteiger partial charge >= 0.3 is 0 Å². The normalized spacial score (nSPS) is 11.0. The standard InChI is InChI=1S/C30H28N8OS2/c1-3-4-16-39-23-12-10-22(11-13-23)33-28-35-27(36-29(37-28)38-30-31-15-17-40-30)32-21-8-6-20(7-9-21)26-34-24-14-5-19(2)18-25(24)41-26/h5-15,17-18H,3-4,16H2,1-2H3,(H3,31,32,33,35,36,37,38). The fraction of sp³-hybridized carbons (Fsp3) is 0.167. The van der Waals surface area contributed by atoms with E-state index in [-0.39, 0.29) is 0 Å². The lowest BCUT2D eigenvalue weighted by Crippen LogP contribution is -2.07. The number of fused-ring (bicyclic) bond motifs is 1. The molecule has 0 aliphatic rings. The minimum atomic E-state index is 0.376. The summed E-state index contributed by atoms with van der Waals surface area (Å²) in [6.07, 6.45) is 3.85. The predicted octanol–water partition coefficient (Wildman–Crippen LogP) is 8.32. The third-order valence-electron chi connectivity index (χ3n) is 6.10.